The molecule has 0 atom stereocenters. The highest BCUT2D eigenvalue weighted by Gasteiger charge is 2.05. The second-order valence-electron chi connectivity index (χ2n) is 3.60. The van der Waals surface area contributed by atoms with Crippen molar-refractivity contribution >= 4 is 27.5 Å². The van der Waals surface area contributed by atoms with Crippen molar-refractivity contribution in [1.82, 2.24) is 9.78 Å². The van der Waals surface area contributed by atoms with Gasteiger partial charge in [-0.2, -0.15) is 5.10 Å². The molecule has 0 spiro atoms. The van der Waals surface area contributed by atoms with Crippen LogP contribution in [0, 0.1) is 0 Å². The van der Waals surface area contributed by atoms with E-state index >= 15 is 0 Å². The summed E-state index contributed by atoms with van der Waals surface area (Å²) in [5.41, 5.74) is 2.21. The van der Waals surface area contributed by atoms with Crippen LogP contribution in [-0.4, -0.2) is 9.78 Å². The van der Waals surface area contributed by atoms with Crippen LogP contribution in [-0.2, 0) is 13.0 Å². The van der Waals surface area contributed by atoms with E-state index in [1.54, 1.807) is 0 Å². The largest absolute Gasteiger partial charge is 0.249 e. The van der Waals surface area contributed by atoms with Gasteiger partial charge < -0.3 is 0 Å². The van der Waals surface area contributed by atoms with Gasteiger partial charge in [-0.05, 0) is 30.2 Å². The SMILES string of the molecule is CCc1cc(Cl)n(Cc2cccc(Br)c2)n1. The fourth-order valence-electron chi connectivity index (χ4n) is 1.54. The van der Waals surface area contributed by atoms with Crippen LogP contribution in [0.3, 0.4) is 0 Å². The molecular formula is C12H12BrClN2. The minimum atomic E-state index is 0.692. The van der Waals surface area contributed by atoms with E-state index in [4.69, 9.17) is 11.6 Å². The maximum absolute atomic E-state index is 6.10. The molecule has 1 aromatic carbocycles. The number of hydrogen-bond acceptors (Lipinski definition) is 1. The number of halogens is 2. The minimum absolute atomic E-state index is 0.692. The van der Waals surface area contributed by atoms with E-state index < -0.39 is 0 Å². The molecule has 0 aliphatic carbocycles. The first-order valence-corrected chi connectivity index (χ1v) is 6.33. The maximum atomic E-state index is 6.10. The van der Waals surface area contributed by atoms with E-state index in [0.717, 1.165) is 16.6 Å². The van der Waals surface area contributed by atoms with Crippen molar-refractivity contribution in [1.29, 1.82) is 0 Å². The highest BCUT2D eigenvalue weighted by Crippen LogP contribution is 2.16. The van der Waals surface area contributed by atoms with Gasteiger partial charge in [0.1, 0.15) is 5.15 Å². The third-order valence-corrected chi connectivity index (χ3v) is 3.16. The van der Waals surface area contributed by atoms with Crippen LogP contribution in [0.4, 0.5) is 0 Å². The lowest BCUT2D eigenvalue weighted by molar-refractivity contribution is 0.674. The van der Waals surface area contributed by atoms with Crippen LogP contribution in [0.5, 0.6) is 0 Å². The summed E-state index contributed by atoms with van der Waals surface area (Å²) in [5.74, 6) is 0. The Bertz CT molecular complexity index is 494. The summed E-state index contributed by atoms with van der Waals surface area (Å²) in [5, 5.41) is 5.11. The molecule has 0 saturated carbocycles. The monoisotopic (exact) mass is 298 g/mol. The second kappa shape index (κ2) is 5.02. The predicted octanol–water partition coefficient (Wildman–Crippen LogP) is 3.91. The smallest absolute Gasteiger partial charge is 0.127 e. The summed E-state index contributed by atoms with van der Waals surface area (Å²) in [6.07, 6.45) is 0.908. The number of benzene rings is 1. The first-order chi connectivity index (χ1) is 7.69. The number of rotatable bonds is 3. The fraction of sp³-hybridized carbons (Fsp3) is 0.250. The third-order valence-electron chi connectivity index (χ3n) is 2.37. The van der Waals surface area contributed by atoms with Gasteiger partial charge >= 0.3 is 0 Å². The molecule has 0 bridgehead atoms. The molecule has 2 rings (SSSR count). The van der Waals surface area contributed by atoms with Crippen LogP contribution in [0.25, 0.3) is 0 Å². The van der Waals surface area contributed by atoms with Crippen molar-refractivity contribution in [3.8, 4) is 0 Å². The highest BCUT2D eigenvalue weighted by atomic mass is 79.9. The molecule has 1 aromatic heterocycles. The fourth-order valence-corrected chi connectivity index (χ4v) is 2.21. The van der Waals surface area contributed by atoms with Crippen molar-refractivity contribution in [2.75, 3.05) is 0 Å². The Hall–Kier alpha value is -0.800. The number of hydrogen-bond donors (Lipinski definition) is 0. The van der Waals surface area contributed by atoms with Crippen molar-refractivity contribution in [3.63, 3.8) is 0 Å². The van der Waals surface area contributed by atoms with Crippen molar-refractivity contribution < 1.29 is 0 Å². The summed E-state index contributed by atoms with van der Waals surface area (Å²) >= 11 is 9.55. The van der Waals surface area contributed by atoms with Crippen LogP contribution >= 0.6 is 27.5 Å². The summed E-state index contributed by atoms with van der Waals surface area (Å²) in [7, 11) is 0. The average Bonchev–Trinajstić information content (AvgIpc) is 2.60. The molecule has 0 unspecified atom stereocenters. The van der Waals surface area contributed by atoms with E-state index in [1.807, 2.05) is 22.9 Å². The minimum Gasteiger partial charge on any atom is -0.249 e. The zero-order chi connectivity index (χ0) is 11.5. The van der Waals surface area contributed by atoms with Crippen LogP contribution in [0.2, 0.25) is 5.15 Å². The molecule has 0 fully saturated rings. The Morgan fingerprint density at radius 3 is 2.81 bits per heavy atom. The summed E-state index contributed by atoms with van der Waals surface area (Å²) in [4.78, 5) is 0. The van der Waals surface area contributed by atoms with Gasteiger partial charge in [0.2, 0.25) is 0 Å². The van der Waals surface area contributed by atoms with E-state index in [9.17, 15) is 0 Å². The number of nitrogens with zero attached hydrogens (tertiary/aromatic N) is 2. The molecular weight excluding hydrogens is 288 g/mol. The van der Waals surface area contributed by atoms with Crippen LogP contribution < -0.4 is 0 Å². The number of aromatic nitrogens is 2. The zero-order valence-electron chi connectivity index (χ0n) is 8.95. The molecule has 0 aliphatic heterocycles. The molecule has 4 heteroatoms. The highest BCUT2D eigenvalue weighted by molar-refractivity contribution is 9.10. The molecule has 0 aliphatic rings. The van der Waals surface area contributed by atoms with E-state index in [0.29, 0.717) is 11.7 Å². The van der Waals surface area contributed by atoms with Gasteiger partial charge in [-0.3, -0.25) is 0 Å². The molecule has 2 aromatic rings. The van der Waals surface area contributed by atoms with Crippen molar-refractivity contribution in [3.05, 3.63) is 51.2 Å². The molecule has 16 heavy (non-hydrogen) atoms. The third kappa shape index (κ3) is 2.66. The lowest BCUT2D eigenvalue weighted by Crippen LogP contribution is -2.02. The Morgan fingerprint density at radius 1 is 1.38 bits per heavy atom. The Balaban J connectivity index is 2.23. The average molecular weight is 300 g/mol. The summed E-state index contributed by atoms with van der Waals surface area (Å²) in [6.45, 7) is 2.78. The maximum Gasteiger partial charge on any atom is 0.127 e. The van der Waals surface area contributed by atoms with Gasteiger partial charge in [0.25, 0.3) is 0 Å². The molecule has 2 nitrogen and oxygen atoms in total. The molecule has 0 saturated heterocycles. The van der Waals surface area contributed by atoms with Gasteiger partial charge in [-0.1, -0.05) is 46.6 Å². The van der Waals surface area contributed by atoms with Gasteiger partial charge in [-0.25, -0.2) is 4.68 Å². The van der Waals surface area contributed by atoms with E-state index in [-0.39, 0.29) is 0 Å². The Labute approximate surface area is 108 Å². The standard InChI is InChI=1S/C12H12BrClN2/c1-2-11-7-12(14)16(15-11)8-9-4-3-5-10(13)6-9/h3-7H,2,8H2,1H3. The van der Waals surface area contributed by atoms with Crippen molar-refractivity contribution in [2.24, 2.45) is 0 Å². The second-order valence-corrected chi connectivity index (χ2v) is 4.90. The lowest BCUT2D eigenvalue weighted by Gasteiger charge is -2.03. The summed E-state index contributed by atoms with van der Waals surface area (Å²) < 4.78 is 2.89. The Kier molecular flexibility index (Phi) is 3.66. The quantitative estimate of drug-likeness (QED) is 0.840. The molecule has 0 amide bonds. The van der Waals surface area contributed by atoms with Crippen molar-refractivity contribution in [2.45, 2.75) is 19.9 Å². The van der Waals surface area contributed by atoms with Gasteiger partial charge in [0.05, 0.1) is 12.2 Å². The van der Waals surface area contributed by atoms with E-state index in [2.05, 4.69) is 40.1 Å². The van der Waals surface area contributed by atoms with Gasteiger partial charge in [0, 0.05) is 4.47 Å². The van der Waals surface area contributed by atoms with Gasteiger partial charge in [-0.15, -0.1) is 0 Å². The molecule has 1 heterocycles. The normalized spacial score (nSPS) is 10.7. The van der Waals surface area contributed by atoms with Crippen LogP contribution in [0.1, 0.15) is 18.2 Å². The number of aryl methyl sites for hydroxylation is 1. The van der Waals surface area contributed by atoms with Crippen LogP contribution in [0.15, 0.2) is 34.8 Å². The first kappa shape index (κ1) is 11.7. The molecule has 84 valence electrons. The topological polar surface area (TPSA) is 17.8 Å². The summed E-state index contributed by atoms with van der Waals surface area (Å²) in [6, 6.07) is 10.1. The molecule has 0 N–H and O–H groups in total. The first-order valence-electron chi connectivity index (χ1n) is 5.15. The van der Waals surface area contributed by atoms with Gasteiger partial charge in [0.15, 0.2) is 0 Å². The van der Waals surface area contributed by atoms with E-state index in [1.165, 1.54) is 5.56 Å². The predicted molar refractivity (Wildman–Crippen MR) is 69.9 cm³/mol. The zero-order valence-corrected chi connectivity index (χ0v) is 11.3. The lowest BCUT2D eigenvalue weighted by atomic mass is 10.2. The molecule has 0 radical (unpaired) electrons. The Morgan fingerprint density at radius 2 is 2.19 bits per heavy atom.